The van der Waals surface area contributed by atoms with E-state index in [-0.39, 0.29) is 11.7 Å². The maximum absolute atomic E-state index is 13.1. The first-order valence-corrected chi connectivity index (χ1v) is 6.98. The van der Waals surface area contributed by atoms with E-state index in [2.05, 4.69) is 11.8 Å². The second kappa shape index (κ2) is 6.66. The SMILES string of the molecule is CCCCN1CCN(C(=O)c2cccc(F)c2)CC1. The summed E-state index contributed by atoms with van der Waals surface area (Å²) in [7, 11) is 0. The molecule has 0 unspecified atom stereocenters. The van der Waals surface area contributed by atoms with E-state index in [1.807, 2.05) is 4.90 Å². The van der Waals surface area contributed by atoms with Crippen molar-refractivity contribution >= 4 is 5.91 Å². The van der Waals surface area contributed by atoms with Gasteiger partial charge in [0, 0.05) is 31.7 Å². The number of unbranched alkanes of at least 4 members (excludes halogenated alkanes) is 1. The molecule has 0 spiro atoms. The average Bonchev–Trinajstić information content (AvgIpc) is 2.45. The van der Waals surface area contributed by atoms with Gasteiger partial charge in [0.15, 0.2) is 0 Å². The number of piperazine rings is 1. The van der Waals surface area contributed by atoms with E-state index < -0.39 is 0 Å². The zero-order chi connectivity index (χ0) is 13.7. The van der Waals surface area contributed by atoms with Crippen LogP contribution in [0.2, 0.25) is 0 Å². The van der Waals surface area contributed by atoms with E-state index >= 15 is 0 Å². The van der Waals surface area contributed by atoms with E-state index in [9.17, 15) is 9.18 Å². The predicted octanol–water partition coefficient (Wildman–Crippen LogP) is 2.38. The van der Waals surface area contributed by atoms with Crippen LogP contribution >= 0.6 is 0 Å². The monoisotopic (exact) mass is 264 g/mol. The van der Waals surface area contributed by atoms with Crippen LogP contribution in [-0.4, -0.2) is 48.4 Å². The fourth-order valence-corrected chi connectivity index (χ4v) is 2.36. The van der Waals surface area contributed by atoms with Crippen LogP contribution in [0.4, 0.5) is 4.39 Å². The molecule has 1 aliphatic rings. The number of amides is 1. The van der Waals surface area contributed by atoms with E-state index in [4.69, 9.17) is 0 Å². The summed E-state index contributed by atoms with van der Waals surface area (Å²) in [5.41, 5.74) is 0.446. The molecule has 0 aromatic heterocycles. The highest BCUT2D eigenvalue weighted by molar-refractivity contribution is 5.94. The lowest BCUT2D eigenvalue weighted by molar-refractivity contribution is 0.0635. The van der Waals surface area contributed by atoms with Crippen LogP contribution in [0.25, 0.3) is 0 Å². The minimum Gasteiger partial charge on any atom is -0.336 e. The molecule has 19 heavy (non-hydrogen) atoms. The molecule has 0 saturated carbocycles. The summed E-state index contributed by atoms with van der Waals surface area (Å²) >= 11 is 0. The molecule has 1 heterocycles. The Labute approximate surface area is 114 Å². The van der Waals surface area contributed by atoms with Crippen molar-refractivity contribution in [3.8, 4) is 0 Å². The molecular weight excluding hydrogens is 243 g/mol. The van der Waals surface area contributed by atoms with Crippen molar-refractivity contribution in [2.24, 2.45) is 0 Å². The molecule has 0 radical (unpaired) electrons. The standard InChI is InChI=1S/C15H21FN2O/c1-2-3-7-17-8-10-18(11-9-17)15(19)13-5-4-6-14(16)12-13/h4-6,12H,2-3,7-11H2,1H3. The highest BCUT2D eigenvalue weighted by Crippen LogP contribution is 2.10. The Balaban J connectivity index is 1.89. The smallest absolute Gasteiger partial charge is 0.254 e. The summed E-state index contributed by atoms with van der Waals surface area (Å²) in [5, 5.41) is 0. The molecule has 0 aliphatic carbocycles. The van der Waals surface area contributed by atoms with Gasteiger partial charge in [-0.15, -0.1) is 0 Å². The van der Waals surface area contributed by atoms with Crippen molar-refractivity contribution in [3.05, 3.63) is 35.6 Å². The van der Waals surface area contributed by atoms with Gasteiger partial charge >= 0.3 is 0 Å². The van der Waals surface area contributed by atoms with Gasteiger partial charge < -0.3 is 4.90 Å². The largest absolute Gasteiger partial charge is 0.336 e. The second-order valence-electron chi connectivity index (χ2n) is 5.00. The first-order chi connectivity index (χ1) is 9.20. The number of carbonyl (C=O) groups excluding carboxylic acids is 1. The minimum atomic E-state index is -0.354. The van der Waals surface area contributed by atoms with Gasteiger partial charge in [0.1, 0.15) is 5.82 Å². The Bertz CT molecular complexity index is 428. The number of hydrogen-bond acceptors (Lipinski definition) is 2. The summed E-state index contributed by atoms with van der Waals surface area (Å²) in [5.74, 6) is -0.415. The lowest BCUT2D eigenvalue weighted by Crippen LogP contribution is -2.48. The van der Waals surface area contributed by atoms with Crippen molar-refractivity contribution in [2.75, 3.05) is 32.7 Å². The van der Waals surface area contributed by atoms with Crippen LogP contribution in [0.3, 0.4) is 0 Å². The Hall–Kier alpha value is -1.42. The van der Waals surface area contributed by atoms with Crippen LogP contribution in [0.1, 0.15) is 30.1 Å². The van der Waals surface area contributed by atoms with Crippen LogP contribution in [0.5, 0.6) is 0 Å². The molecule has 2 rings (SSSR count). The normalized spacial score (nSPS) is 16.6. The maximum Gasteiger partial charge on any atom is 0.254 e. The van der Waals surface area contributed by atoms with E-state index in [1.54, 1.807) is 12.1 Å². The predicted molar refractivity (Wildman–Crippen MR) is 73.7 cm³/mol. The third-order valence-electron chi connectivity index (χ3n) is 3.56. The Morgan fingerprint density at radius 3 is 2.63 bits per heavy atom. The van der Waals surface area contributed by atoms with Crippen LogP contribution in [0, 0.1) is 5.82 Å². The zero-order valence-corrected chi connectivity index (χ0v) is 11.4. The molecule has 1 aliphatic heterocycles. The van der Waals surface area contributed by atoms with Crippen molar-refractivity contribution in [1.82, 2.24) is 9.80 Å². The van der Waals surface area contributed by atoms with E-state index in [0.717, 1.165) is 32.7 Å². The summed E-state index contributed by atoms with van der Waals surface area (Å²) in [6.07, 6.45) is 2.40. The zero-order valence-electron chi connectivity index (χ0n) is 11.4. The number of benzene rings is 1. The number of rotatable bonds is 4. The average molecular weight is 264 g/mol. The number of hydrogen-bond donors (Lipinski definition) is 0. The highest BCUT2D eigenvalue weighted by atomic mass is 19.1. The van der Waals surface area contributed by atoms with Crippen LogP contribution in [0.15, 0.2) is 24.3 Å². The molecule has 4 heteroatoms. The molecule has 0 atom stereocenters. The van der Waals surface area contributed by atoms with Gasteiger partial charge in [0.25, 0.3) is 5.91 Å². The summed E-state index contributed by atoms with van der Waals surface area (Å²) in [6.45, 7) is 6.60. The van der Waals surface area contributed by atoms with Gasteiger partial charge in [-0.3, -0.25) is 9.69 Å². The minimum absolute atomic E-state index is 0.0605. The van der Waals surface area contributed by atoms with Gasteiger partial charge in [-0.1, -0.05) is 19.4 Å². The lowest BCUT2D eigenvalue weighted by Gasteiger charge is -2.34. The number of nitrogens with zero attached hydrogens (tertiary/aromatic N) is 2. The van der Waals surface area contributed by atoms with Crippen molar-refractivity contribution in [2.45, 2.75) is 19.8 Å². The third kappa shape index (κ3) is 3.77. The number of carbonyl (C=O) groups is 1. The quantitative estimate of drug-likeness (QED) is 0.833. The second-order valence-corrected chi connectivity index (χ2v) is 5.00. The number of halogens is 1. The summed E-state index contributed by atoms with van der Waals surface area (Å²) in [6, 6.07) is 5.93. The molecule has 1 saturated heterocycles. The molecule has 3 nitrogen and oxygen atoms in total. The molecule has 1 aromatic carbocycles. The van der Waals surface area contributed by atoms with Crippen LogP contribution in [-0.2, 0) is 0 Å². The molecule has 104 valence electrons. The van der Waals surface area contributed by atoms with Crippen molar-refractivity contribution < 1.29 is 9.18 Å². The van der Waals surface area contributed by atoms with Crippen molar-refractivity contribution in [3.63, 3.8) is 0 Å². The topological polar surface area (TPSA) is 23.6 Å². The fourth-order valence-electron chi connectivity index (χ4n) is 2.36. The van der Waals surface area contributed by atoms with Gasteiger partial charge in [-0.2, -0.15) is 0 Å². The highest BCUT2D eigenvalue weighted by Gasteiger charge is 2.21. The van der Waals surface area contributed by atoms with Crippen LogP contribution < -0.4 is 0 Å². The van der Waals surface area contributed by atoms with Crippen molar-refractivity contribution in [1.29, 1.82) is 0 Å². The van der Waals surface area contributed by atoms with Gasteiger partial charge in [-0.25, -0.2) is 4.39 Å². The van der Waals surface area contributed by atoms with Gasteiger partial charge in [-0.05, 0) is 31.2 Å². The molecule has 1 fully saturated rings. The summed E-state index contributed by atoms with van der Waals surface area (Å²) in [4.78, 5) is 16.4. The van der Waals surface area contributed by atoms with E-state index in [0.29, 0.717) is 5.56 Å². The maximum atomic E-state index is 13.1. The van der Waals surface area contributed by atoms with Gasteiger partial charge in [0.2, 0.25) is 0 Å². The molecule has 0 N–H and O–H groups in total. The van der Waals surface area contributed by atoms with E-state index in [1.165, 1.54) is 25.0 Å². The first kappa shape index (κ1) is 14.0. The fraction of sp³-hybridized carbons (Fsp3) is 0.533. The van der Waals surface area contributed by atoms with Gasteiger partial charge in [0.05, 0.1) is 0 Å². The molecule has 1 amide bonds. The Morgan fingerprint density at radius 1 is 1.26 bits per heavy atom. The lowest BCUT2D eigenvalue weighted by atomic mass is 10.1. The summed E-state index contributed by atoms with van der Waals surface area (Å²) < 4.78 is 13.1. The molecular formula is C15H21FN2O. The third-order valence-corrected chi connectivity index (χ3v) is 3.56. The molecule has 1 aromatic rings. The Morgan fingerprint density at radius 2 is 2.00 bits per heavy atom. The molecule has 0 bridgehead atoms. The first-order valence-electron chi connectivity index (χ1n) is 6.98. The Kier molecular flexibility index (Phi) is 4.91.